The SMILES string of the molecule is COCCOc1ccc(Cl)cc1C(=O)OC. The van der Waals surface area contributed by atoms with Crippen molar-refractivity contribution in [3.63, 3.8) is 0 Å². The van der Waals surface area contributed by atoms with Gasteiger partial charge in [0.2, 0.25) is 0 Å². The molecule has 1 rings (SSSR count). The molecule has 0 heterocycles. The second-order valence-corrected chi connectivity index (χ2v) is 3.41. The Kier molecular flexibility index (Phi) is 5.08. The molecule has 0 aliphatic carbocycles. The zero-order valence-electron chi connectivity index (χ0n) is 9.16. The molecule has 0 amide bonds. The van der Waals surface area contributed by atoms with Gasteiger partial charge in [-0.3, -0.25) is 0 Å². The molecule has 5 heteroatoms. The lowest BCUT2D eigenvalue weighted by atomic mass is 10.2. The summed E-state index contributed by atoms with van der Waals surface area (Å²) < 4.78 is 14.8. The maximum atomic E-state index is 11.4. The van der Waals surface area contributed by atoms with Gasteiger partial charge in [-0.15, -0.1) is 0 Å². The van der Waals surface area contributed by atoms with Crippen LogP contribution in [-0.4, -0.2) is 33.4 Å². The lowest BCUT2D eigenvalue weighted by Gasteiger charge is -2.09. The summed E-state index contributed by atoms with van der Waals surface area (Å²) in [5.74, 6) is -0.0387. The molecule has 0 bridgehead atoms. The average molecular weight is 245 g/mol. The second-order valence-electron chi connectivity index (χ2n) is 2.97. The Balaban J connectivity index is 2.85. The van der Waals surface area contributed by atoms with Crippen molar-refractivity contribution < 1.29 is 19.0 Å². The van der Waals surface area contributed by atoms with Crippen LogP contribution < -0.4 is 4.74 Å². The Morgan fingerprint density at radius 3 is 2.69 bits per heavy atom. The number of carbonyl (C=O) groups is 1. The summed E-state index contributed by atoms with van der Waals surface area (Å²) in [4.78, 5) is 11.4. The van der Waals surface area contributed by atoms with Crippen LogP contribution in [0.2, 0.25) is 5.02 Å². The first-order valence-corrected chi connectivity index (χ1v) is 5.06. The van der Waals surface area contributed by atoms with E-state index in [2.05, 4.69) is 4.74 Å². The molecule has 0 atom stereocenters. The summed E-state index contributed by atoms with van der Waals surface area (Å²) >= 11 is 5.79. The highest BCUT2D eigenvalue weighted by molar-refractivity contribution is 6.31. The minimum Gasteiger partial charge on any atom is -0.490 e. The number of halogens is 1. The molecule has 0 spiro atoms. The van der Waals surface area contributed by atoms with E-state index in [4.69, 9.17) is 21.1 Å². The Bertz CT molecular complexity index is 365. The number of ether oxygens (including phenoxy) is 3. The Morgan fingerprint density at radius 2 is 2.06 bits per heavy atom. The smallest absolute Gasteiger partial charge is 0.341 e. The van der Waals surface area contributed by atoms with Gasteiger partial charge in [0.05, 0.1) is 13.7 Å². The lowest BCUT2D eigenvalue weighted by molar-refractivity contribution is 0.0594. The Hall–Kier alpha value is -1.26. The first-order chi connectivity index (χ1) is 7.69. The van der Waals surface area contributed by atoms with Crippen LogP contribution in [0, 0.1) is 0 Å². The summed E-state index contributed by atoms with van der Waals surface area (Å²) in [7, 11) is 2.88. The Labute approximate surface area is 99.1 Å². The number of rotatable bonds is 5. The fourth-order valence-corrected chi connectivity index (χ4v) is 1.30. The van der Waals surface area contributed by atoms with E-state index in [0.717, 1.165) is 0 Å². The van der Waals surface area contributed by atoms with Crippen molar-refractivity contribution in [3.8, 4) is 5.75 Å². The molecule has 1 aromatic rings. The fourth-order valence-electron chi connectivity index (χ4n) is 1.13. The van der Waals surface area contributed by atoms with E-state index in [1.165, 1.54) is 13.2 Å². The van der Waals surface area contributed by atoms with E-state index in [-0.39, 0.29) is 0 Å². The molecule has 0 saturated heterocycles. The fraction of sp³-hybridized carbons (Fsp3) is 0.364. The molecule has 0 aromatic heterocycles. The molecule has 0 aliphatic rings. The number of carbonyl (C=O) groups excluding carboxylic acids is 1. The van der Waals surface area contributed by atoms with Crippen molar-refractivity contribution in [2.75, 3.05) is 27.4 Å². The van der Waals surface area contributed by atoms with Crippen LogP contribution >= 0.6 is 11.6 Å². The van der Waals surface area contributed by atoms with Gasteiger partial charge in [-0.2, -0.15) is 0 Å². The van der Waals surface area contributed by atoms with Gasteiger partial charge in [-0.25, -0.2) is 4.79 Å². The third-order valence-corrected chi connectivity index (χ3v) is 2.13. The number of methoxy groups -OCH3 is 2. The molecule has 4 nitrogen and oxygen atoms in total. The maximum absolute atomic E-state index is 11.4. The van der Waals surface area contributed by atoms with E-state index in [9.17, 15) is 4.79 Å². The minimum absolute atomic E-state index is 0.311. The molecule has 0 radical (unpaired) electrons. The monoisotopic (exact) mass is 244 g/mol. The highest BCUT2D eigenvalue weighted by Crippen LogP contribution is 2.23. The van der Waals surface area contributed by atoms with Gasteiger partial charge in [-0.1, -0.05) is 11.6 Å². The zero-order chi connectivity index (χ0) is 12.0. The van der Waals surface area contributed by atoms with Crippen molar-refractivity contribution in [1.82, 2.24) is 0 Å². The van der Waals surface area contributed by atoms with Gasteiger partial charge in [0.25, 0.3) is 0 Å². The van der Waals surface area contributed by atoms with Crippen molar-refractivity contribution >= 4 is 17.6 Å². The molecule has 0 N–H and O–H groups in total. The molecule has 0 fully saturated rings. The second kappa shape index (κ2) is 6.35. The lowest BCUT2D eigenvalue weighted by Crippen LogP contribution is -2.09. The van der Waals surface area contributed by atoms with Crippen LogP contribution in [0.5, 0.6) is 5.75 Å². The van der Waals surface area contributed by atoms with Crippen LogP contribution in [0.15, 0.2) is 18.2 Å². The van der Waals surface area contributed by atoms with E-state index in [1.807, 2.05) is 0 Å². The molecular formula is C11H13ClO4. The zero-order valence-corrected chi connectivity index (χ0v) is 9.91. The van der Waals surface area contributed by atoms with Gasteiger partial charge in [0, 0.05) is 12.1 Å². The number of hydrogen-bond donors (Lipinski definition) is 0. The van der Waals surface area contributed by atoms with Crippen molar-refractivity contribution in [2.45, 2.75) is 0 Å². The molecule has 0 unspecified atom stereocenters. The minimum atomic E-state index is -0.477. The summed E-state index contributed by atoms with van der Waals surface area (Å²) in [6.45, 7) is 0.811. The van der Waals surface area contributed by atoms with Gasteiger partial charge < -0.3 is 14.2 Å². The van der Waals surface area contributed by atoms with Gasteiger partial charge in [0.15, 0.2) is 0 Å². The van der Waals surface area contributed by atoms with Crippen molar-refractivity contribution in [1.29, 1.82) is 0 Å². The largest absolute Gasteiger partial charge is 0.490 e. The van der Waals surface area contributed by atoms with Gasteiger partial charge >= 0.3 is 5.97 Å². The van der Waals surface area contributed by atoms with E-state index in [1.54, 1.807) is 19.2 Å². The third kappa shape index (κ3) is 3.40. The molecule has 0 aliphatic heterocycles. The first-order valence-electron chi connectivity index (χ1n) is 4.68. The Morgan fingerprint density at radius 1 is 1.31 bits per heavy atom. The standard InChI is InChI=1S/C11H13ClO4/c1-14-5-6-16-10-4-3-8(12)7-9(10)11(13)15-2/h3-4,7H,5-6H2,1-2H3. The van der Waals surface area contributed by atoms with E-state index >= 15 is 0 Å². The molecule has 88 valence electrons. The van der Waals surface area contributed by atoms with Crippen LogP contribution in [0.3, 0.4) is 0 Å². The van der Waals surface area contributed by atoms with Crippen molar-refractivity contribution in [2.24, 2.45) is 0 Å². The van der Waals surface area contributed by atoms with Crippen LogP contribution in [-0.2, 0) is 9.47 Å². The molecule has 0 saturated carbocycles. The maximum Gasteiger partial charge on any atom is 0.341 e. The summed E-state index contributed by atoms with van der Waals surface area (Å²) in [6.07, 6.45) is 0. The summed E-state index contributed by atoms with van der Waals surface area (Å²) in [6, 6.07) is 4.79. The van der Waals surface area contributed by atoms with Crippen LogP contribution in [0.1, 0.15) is 10.4 Å². The van der Waals surface area contributed by atoms with Crippen molar-refractivity contribution in [3.05, 3.63) is 28.8 Å². The predicted octanol–water partition coefficient (Wildman–Crippen LogP) is 2.15. The van der Waals surface area contributed by atoms with E-state index in [0.29, 0.717) is 29.5 Å². The topological polar surface area (TPSA) is 44.8 Å². The predicted molar refractivity (Wildman–Crippen MR) is 60.2 cm³/mol. The summed E-state index contributed by atoms with van der Waals surface area (Å²) in [5.41, 5.74) is 0.311. The summed E-state index contributed by atoms with van der Waals surface area (Å²) in [5, 5.41) is 0.458. The first kappa shape index (κ1) is 12.8. The van der Waals surface area contributed by atoms with Crippen LogP contribution in [0.4, 0.5) is 0 Å². The van der Waals surface area contributed by atoms with Gasteiger partial charge in [-0.05, 0) is 18.2 Å². The highest BCUT2D eigenvalue weighted by atomic mass is 35.5. The average Bonchev–Trinajstić information content (AvgIpc) is 2.30. The quantitative estimate of drug-likeness (QED) is 0.588. The third-order valence-electron chi connectivity index (χ3n) is 1.89. The van der Waals surface area contributed by atoms with Gasteiger partial charge in [0.1, 0.15) is 17.9 Å². The normalized spacial score (nSPS) is 9.94. The number of benzene rings is 1. The molecule has 1 aromatic carbocycles. The highest BCUT2D eigenvalue weighted by Gasteiger charge is 2.13. The van der Waals surface area contributed by atoms with Crippen LogP contribution in [0.25, 0.3) is 0 Å². The molecular weight excluding hydrogens is 232 g/mol. The number of esters is 1. The number of hydrogen-bond acceptors (Lipinski definition) is 4. The van der Waals surface area contributed by atoms with E-state index < -0.39 is 5.97 Å². The molecule has 16 heavy (non-hydrogen) atoms.